The first-order valence-corrected chi connectivity index (χ1v) is 9.05. The molecule has 2 N–H and O–H groups in total. The molecular weight excluding hydrogens is 324 g/mol. The highest BCUT2D eigenvalue weighted by molar-refractivity contribution is 7.18. The summed E-state index contributed by atoms with van der Waals surface area (Å²) in [5, 5.41) is 1.02. The number of hydrogen-bond donors (Lipinski definition) is 1. The number of anilines is 1. The summed E-state index contributed by atoms with van der Waals surface area (Å²) in [5.74, 6) is 0.177. The lowest BCUT2D eigenvalue weighted by Crippen LogP contribution is -2.35. The molecule has 2 aliphatic rings. The van der Waals surface area contributed by atoms with Gasteiger partial charge in [0.2, 0.25) is 0 Å². The van der Waals surface area contributed by atoms with E-state index in [2.05, 4.69) is 23.1 Å². The van der Waals surface area contributed by atoms with Crippen LogP contribution in [0.25, 0.3) is 0 Å². The van der Waals surface area contributed by atoms with Crippen LogP contribution in [0.1, 0.15) is 33.3 Å². The fourth-order valence-corrected chi connectivity index (χ4v) is 4.35. The SMILES string of the molecule is NC(=O)c1sc(N2CCOCC2)cc1OC1CCc2ccccc21. The Balaban J connectivity index is 1.60. The topological polar surface area (TPSA) is 64.8 Å². The zero-order valence-corrected chi connectivity index (χ0v) is 14.2. The summed E-state index contributed by atoms with van der Waals surface area (Å²) in [4.78, 5) is 14.6. The van der Waals surface area contributed by atoms with Crippen molar-refractivity contribution < 1.29 is 14.3 Å². The van der Waals surface area contributed by atoms with Gasteiger partial charge < -0.3 is 20.1 Å². The quantitative estimate of drug-likeness (QED) is 0.926. The number of ether oxygens (including phenoxy) is 2. The highest BCUT2D eigenvalue weighted by atomic mass is 32.1. The van der Waals surface area contributed by atoms with Crippen molar-refractivity contribution >= 4 is 22.2 Å². The van der Waals surface area contributed by atoms with E-state index in [9.17, 15) is 4.79 Å². The van der Waals surface area contributed by atoms with E-state index in [1.165, 1.54) is 22.5 Å². The van der Waals surface area contributed by atoms with Gasteiger partial charge in [-0.15, -0.1) is 11.3 Å². The van der Waals surface area contributed by atoms with Crippen molar-refractivity contribution in [1.29, 1.82) is 0 Å². The number of amides is 1. The third-order valence-corrected chi connectivity index (χ3v) is 5.77. The van der Waals surface area contributed by atoms with Crippen LogP contribution >= 0.6 is 11.3 Å². The molecule has 0 bridgehead atoms. The standard InChI is InChI=1S/C18H20N2O3S/c19-18(21)17-15(11-16(24-17)20-7-9-22-10-8-20)23-14-6-5-12-3-1-2-4-13(12)14/h1-4,11,14H,5-10H2,(H2,19,21). The zero-order chi connectivity index (χ0) is 16.5. The minimum absolute atomic E-state index is 0.00793. The number of thiophene rings is 1. The summed E-state index contributed by atoms with van der Waals surface area (Å²) in [6, 6.07) is 10.3. The molecule has 1 aliphatic heterocycles. The van der Waals surface area contributed by atoms with Gasteiger partial charge in [-0.05, 0) is 24.0 Å². The Kier molecular flexibility index (Phi) is 4.16. The Morgan fingerprint density at radius 1 is 1.29 bits per heavy atom. The Morgan fingerprint density at radius 2 is 2.08 bits per heavy atom. The first kappa shape index (κ1) is 15.5. The zero-order valence-electron chi connectivity index (χ0n) is 13.4. The van der Waals surface area contributed by atoms with Gasteiger partial charge in [0, 0.05) is 19.2 Å². The number of nitrogens with two attached hydrogens (primary N) is 1. The predicted octanol–water partition coefficient (Wildman–Crippen LogP) is 2.75. The number of carbonyl (C=O) groups is 1. The second-order valence-corrected chi connectivity index (χ2v) is 7.12. The molecule has 0 saturated carbocycles. The summed E-state index contributed by atoms with van der Waals surface area (Å²) in [6.07, 6.45) is 1.93. The van der Waals surface area contributed by atoms with E-state index in [1.54, 1.807) is 0 Å². The van der Waals surface area contributed by atoms with Crippen molar-refractivity contribution in [3.8, 4) is 5.75 Å². The predicted molar refractivity (Wildman–Crippen MR) is 94.0 cm³/mol. The fraction of sp³-hybridized carbons (Fsp3) is 0.389. The van der Waals surface area contributed by atoms with Gasteiger partial charge >= 0.3 is 0 Å². The van der Waals surface area contributed by atoms with Gasteiger partial charge in [0.1, 0.15) is 16.7 Å². The maximum absolute atomic E-state index is 11.8. The minimum atomic E-state index is -0.430. The second-order valence-electron chi connectivity index (χ2n) is 6.09. The molecule has 1 aliphatic carbocycles. The van der Waals surface area contributed by atoms with Crippen molar-refractivity contribution in [1.82, 2.24) is 0 Å². The van der Waals surface area contributed by atoms with Crippen molar-refractivity contribution in [3.63, 3.8) is 0 Å². The molecule has 1 fully saturated rings. The molecule has 1 atom stereocenters. The molecule has 1 amide bonds. The van der Waals surface area contributed by atoms with Crippen LogP contribution in [0, 0.1) is 0 Å². The van der Waals surface area contributed by atoms with Gasteiger partial charge in [-0.2, -0.15) is 0 Å². The van der Waals surface area contributed by atoms with Crippen molar-refractivity contribution in [2.24, 2.45) is 5.73 Å². The van der Waals surface area contributed by atoms with Crippen LogP contribution in [0.4, 0.5) is 5.00 Å². The monoisotopic (exact) mass is 344 g/mol. The number of hydrogen-bond acceptors (Lipinski definition) is 5. The lowest BCUT2D eigenvalue weighted by molar-refractivity contribution is 0.0997. The molecule has 5 nitrogen and oxygen atoms in total. The van der Waals surface area contributed by atoms with E-state index in [1.807, 2.05) is 12.1 Å². The van der Waals surface area contributed by atoms with Crippen molar-refractivity contribution in [2.75, 3.05) is 31.2 Å². The molecule has 126 valence electrons. The Hall–Kier alpha value is -2.05. The van der Waals surface area contributed by atoms with Crippen LogP contribution in [-0.2, 0) is 11.2 Å². The minimum Gasteiger partial charge on any atom is -0.484 e. The first-order chi connectivity index (χ1) is 11.7. The van der Waals surface area contributed by atoms with Gasteiger partial charge in [-0.3, -0.25) is 4.79 Å². The van der Waals surface area contributed by atoms with Gasteiger partial charge in [-0.25, -0.2) is 0 Å². The van der Waals surface area contributed by atoms with Gasteiger partial charge in [0.05, 0.1) is 18.2 Å². The molecule has 0 spiro atoms. The largest absolute Gasteiger partial charge is 0.484 e. The average Bonchev–Trinajstić information content (AvgIpc) is 3.21. The maximum Gasteiger partial charge on any atom is 0.262 e. The molecular formula is C18H20N2O3S. The van der Waals surface area contributed by atoms with Crippen LogP contribution in [0.5, 0.6) is 5.75 Å². The molecule has 6 heteroatoms. The molecule has 0 radical (unpaired) electrons. The number of nitrogens with zero attached hydrogens (tertiary/aromatic N) is 1. The Labute approximate surface area is 145 Å². The number of morpholine rings is 1. The van der Waals surface area contributed by atoms with E-state index < -0.39 is 5.91 Å². The van der Waals surface area contributed by atoms with Crippen molar-refractivity contribution in [3.05, 3.63) is 46.3 Å². The normalized spacial score (nSPS) is 20.0. The third-order valence-electron chi connectivity index (χ3n) is 4.58. The molecule has 1 saturated heterocycles. The highest BCUT2D eigenvalue weighted by Crippen LogP contribution is 2.41. The number of benzene rings is 1. The third kappa shape index (κ3) is 2.87. The van der Waals surface area contributed by atoms with E-state index in [0.29, 0.717) is 23.8 Å². The van der Waals surface area contributed by atoms with Gasteiger partial charge in [0.15, 0.2) is 0 Å². The van der Waals surface area contributed by atoms with Gasteiger partial charge in [0.25, 0.3) is 5.91 Å². The molecule has 1 aromatic heterocycles. The summed E-state index contributed by atoms with van der Waals surface area (Å²) in [7, 11) is 0. The molecule has 1 unspecified atom stereocenters. The highest BCUT2D eigenvalue weighted by Gasteiger charge is 2.27. The maximum atomic E-state index is 11.8. The van der Waals surface area contributed by atoms with Crippen LogP contribution < -0.4 is 15.4 Å². The number of rotatable bonds is 4. The number of aryl methyl sites for hydroxylation is 1. The Morgan fingerprint density at radius 3 is 2.88 bits per heavy atom. The molecule has 2 aromatic rings. The summed E-state index contributed by atoms with van der Waals surface area (Å²) < 4.78 is 11.6. The van der Waals surface area contributed by atoms with Crippen LogP contribution in [0.3, 0.4) is 0 Å². The number of primary amides is 1. The average molecular weight is 344 g/mol. The lowest BCUT2D eigenvalue weighted by Gasteiger charge is -2.27. The van der Waals surface area contributed by atoms with E-state index in [4.69, 9.17) is 15.2 Å². The molecule has 24 heavy (non-hydrogen) atoms. The van der Waals surface area contributed by atoms with Crippen LogP contribution in [0.2, 0.25) is 0 Å². The smallest absolute Gasteiger partial charge is 0.262 e. The molecule has 2 heterocycles. The van der Waals surface area contributed by atoms with Crippen LogP contribution in [-0.4, -0.2) is 32.2 Å². The number of fused-ring (bicyclic) bond motifs is 1. The second kappa shape index (κ2) is 6.45. The fourth-order valence-electron chi connectivity index (χ4n) is 3.35. The summed E-state index contributed by atoms with van der Waals surface area (Å²) in [6.45, 7) is 3.06. The van der Waals surface area contributed by atoms with Gasteiger partial charge in [-0.1, -0.05) is 24.3 Å². The molecule has 1 aromatic carbocycles. The Bertz CT molecular complexity index is 752. The van der Waals surface area contributed by atoms with E-state index in [-0.39, 0.29) is 6.10 Å². The summed E-state index contributed by atoms with van der Waals surface area (Å²) >= 11 is 1.41. The van der Waals surface area contributed by atoms with Crippen molar-refractivity contribution in [2.45, 2.75) is 18.9 Å². The summed E-state index contributed by atoms with van der Waals surface area (Å²) in [5.41, 5.74) is 8.12. The van der Waals surface area contributed by atoms with E-state index in [0.717, 1.165) is 30.9 Å². The lowest BCUT2D eigenvalue weighted by atomic mass is 10.1. The first-order valence-electron chi connectivity index (χ1n) is 8.23. The number of carbonyl (C=O) groups excluding carboxylic acids is 1. The molecule has 4 rings (SSSR count). The van der Waals surface area contributed by atoms with E-state index >= 15 is 0 Å². The van der Waals surface area contributed by atoms with Crippen LogP contribution in [0.15, 0.2) is 30.3 Å².